The predicted molar refractivity (Wildman–Crippen MR) is 90.3 cm³/mol. The summed E-state index contributed by atoms with van der Waals surface area (Å²) in [6, 6.07) is 1.82. The van der Waals surface area contributed by atoms with E-state index in [0.717, 1.165) is 30.6 Å². The number of carbonyl (C=O) groups excluding carboxylic acids is 1. The number of carbonyl (C=O) groups is 1. The number of nitrogens with zero attached hydrogens (tertiary/aromatic N) is 2. The summed E-state index contributed by atoms with van der Waals surface area (Å²) in [5, 5.41) is 6.88. The number of aromatic nitrogens is 1. The highest BCUT2D eigenvalue weighted by atomic mass is 16.5. The van der Waals surface area contributed by atoms with E-state index in [1.54, 1.807) is 0 Å². The molecule has 1 aliphatic carbocycles. The third kappa shape index (κ3) is 4.14. The molecule has 2 atom stereocenters. The van der Waals surface area contributed by atoms with Gasteiger partial charge < -0.3 is 4.52 Å². The van der Waals surface area contributed by atoms with Gasteiger partial charge in [-0.05, 0) is 31.2 Å². The number of likely N-dealkylation sites (tertiary alicyclic amines) is 1. The van der Waals surface area contributed by atoms with Crippen molar-refractivity contribution < 1.29 is 9.32 Å². The maximum Gasteiger partial charge on any atom is 0.240 e. The Hall–Kier alpha value is -1.36. The van der Waals surface area contributed by atoms with E-state index in [4.69, 9.17) is 4.52 Å². The average Bonchev–Trinajstić information content (AvgIpc) is 2.95. The minimum absolute atomic E-state index is 0.00383. The third-order valence-electron chi connectivity index (χ3n) is 5.28. The van der Waals surface area contributed by atoms with Gasteiger partial charge in [-0.15, -0.1) is 0 Å². The van der Waals surface area contributed by atoms with Gasteiger partial charge in [0.1, 0.15) is 0 Å². The van der Waals surface area contributed by atoms with Crippen molar-refractivity contribution in [1.29, 1.82) is 0 Å². The number of amides is 1. The molecule has 2 aliphatic rings. The molecule has 1 amide bonds. The number of hydrogen-bond acceptors (Lipinski definition) is 4. The number of fused-ring (bicyclic) bond motifs is 1. The largest absolute Gasteiger partial charge is 0.338 e. The highest BCUT2D eigenvalue weighted by molar-refractivity contribution is 5.91. The number of piperidine rings is 1. The van der Waals surface area contributed by atoms with Gasteiger partial charge in [0.25, 0.3) is 0 Å². The summed E-state index contributed by atoms with van der Waals surface area (Å²) in [6.07, 6.45) is 6.71. The van der Waals surface area contributed by atoms with Crippen LogP contribution in [0.1, 0.15) is 58.6 Å². The summed E-state index contributed by atoms with van der Waals surface area (Å²) in [5.41, 5.74) is 0.783. The lowest BCUT2D eigenvalue weighted by atomic mass is 9.75. The maximum absolute atomic E-state index is 12.3. The second-order valence-electron chi connectivity index (χ2n) is 8.20. The Kier molecular flexibility index (Phi) is 4.76. The van der Waals surface area contributed by atoms with E-state index in [9.17, 15) is 4.79 Å². The summed E-state index contributed by atoms with van der Waals surface area (Å²) >= 11 is 0. The van der Waals surface area contributed by atoms with Crippen LogP contribution in [0.2, 0.25) is 0 Å². The van der Waals surface area contributed by atoms with E-state index in [-0.39, 0.29) is 11.3 Å². The van der Waals surface area contributed by atoms with Crippen LogP contribution in [0.25, 0.3) is 0 Å². The fourth-order valence-electron chi connectivity index (χ4n) is 3.89. The lowest BCUT2D eigenvalue weighted by molar-refractivity contribution is -0.118. The van der Waals surface area contributed by atoms with Crippen molar-refractivity contribution in [3.05, 3.63) is 11.8 Å². The maximum atomic E-state index is 12.3. The molecule has 0 unspecified atom stereocenters. The second kappa shape index (κ2) is 6.63. The van der Waals surface area contributed by atoms with Crippen LogP contribution in [-0.4, -0.2) is 35.6 Å². The molecule has 0 spiro atoms. The van der Waals surface area contributed by atoms with Gasteiger partial charge in [0.15, 0.2) is 0 Å². The van der Waals surface area contributed by atoms with Crippen LogP contribution in [0.3, 0.4) is 0 Å². The van der Waals surface area contributed by atoms with Crippen molar-refractivity contribution in [3.63, 3.8) is 0 Å². The summed E-state index contributed by atoms with van der Waals surface area (Å²) < 4.78 is 5.24. The van der Waals surface area contributed by atoms with Gasteiger partial charge in [-0.2, -0.15) is 0 Å². The van der Waals surface area contributed by atoms with Crippen molar-refractivity contribution in [2.24, 2.45) is 11.8 Å². The smallest absolute Gasteiger partial charge is 0.240 e. The van der Waals surface area contributed by atoms with E-state index in [0.29, 0.717) is 12.4 Å². The molecule has 2 fully saturated rings. The molecule has 1 aromatic heterocycles. The standard InChI is InChI=1S/C18H29N3O2/c1-18(2,3)15-10-17(23-20-15)19-16(22)12-21-9-8-13-6-4-5-7-14(13)11-21/h10,13-14H,4-9,11-12H2,1-3H3,(H,19,22)/t13-,14+/m0/s1. The van der Waals surface area contributed by atoms with Gasteiger partial charge in [0.2, 0.25) is 11.8 Å². The number of hydrogen-bond donors (Lipinski definition) is 1. The lowest BCUT2D eigenvalue weighted by Crippen LogP contribution is -2.44. The normalized spacial score (nSPS) is 25.9. The summed E-state index contributed by atoms with van der Waals surface area (Å²) in [6.45, 7) is 8.79. The van der Waals surface area contributed by atoms with Gasteiger partial charge in [-0.3, -0.25) is 15.0 Å². The molecule has 0 radical (unpaired) electrons. The van der Waals surface area contributed by atoms with E-state index in [1.807, 2.05) is 6.07 Å². The van der Waals surface area contributed by atoms with E-state index >= 15 is 0 Å². The average molecular weight is 319 g/mol. The van der Waals surface area contributed by atoms with Crippen LogP contribution >= 0.6 is 0 Å². The molecule has 5 heteroatoms. The minimum Gasteiger partial charge on any atom is -0.338 e. The zero-order chi connectivity index (χ0) is 16.4. The Labute approximate surface area is 138 Å². The van der Waals surface area contributed by atoms with Gasteiger partial charge >= 0.3 is 0 Å². The Morgan fingerprint density at radius 3 is 2.74 bits per heavy atom. The van der Waals surface area contributed by atoms with Crippen molar-refractivity contribution in [3.8, 4) is 0 Å². The Morgan fingerprint density at radius 1 is 1.30 bits per heavy atom. The zero-order valence-corrected chi connectivity index (χ0v) is 14.6. The molecule has 1 saturated carbocycles. The monoisotopic (exact) mass is 319 g/mol. The van der Waals surface area contributed by atoms with Crippen LogP contribution in [0.15, 0.2) is 10.6 Å². The highest BCUT2D eigenvalue weighted by Gasteiger charge is 2.31. The van der Waals surface area contributed by atoms with Crippen molar-refractivity contribution in [1.82, 2.24) is 10.1 Å². The van der Waals surface area contributed by atoms with Crippen molar-refractivity contribution in [2.45, 2.75) is 58.3 Å². The fraction of sp³-hybridized carbons (Fsp3) is 0.778. The third-order valence-corrected chi connectivity index (χ3v) is 5.28. The first-order chi connectivity index (χ1) is 10.9. The molecule has 1 aliphatic heterocycles. The predicted octanol–water partition coefficient (Wildman–Crippen LogP) is 3.42. The van der Waals surface area contributed by atoms with E-state index in [2.05, 4.69) is 36.1 Å². The lowest BCUT2D eigenvalue weighted by Gasteiger charge is -2.40. The number of rotatable bonds is 3. The molecule has 1 saturated heterocycles. The second-order valence-corrected chi connectivity index (χ2v) is 8.20. The Morgan fingerprint density at radius 2 is 2.04 bits per heavy atom. The Bertz CT molecular complexity index is 547. The topological polar surface area (TPSA) is 58.4 Å². The van der Waals surface area contributed by atoms with Crippen LogP contribution in [0, 0.1) is 11.8 Å². The molecule has 1 aromatic rings. The summed E-state index contributed by atoms with van der Waals surface area (Å²) in [5.74, 6) is 2.14. The van der Waals surface area contributed by atoms with E-state index in [1.165, 1.54) is 32.1 Å². The Balaban J connectivity index is 1.50. The van der Waals surface area contributed by atoms with Crippen LogP contribution in [0.5, 0.6) is 0 Å². The SMILES string of the molecule is CC(C)(C)c1cc(NC(=O)CN2CC[C@@H]3CCCC[C@@H]3C2)on1. The van der Waals surface area contributed by atoms with Crippen molar-refractivity contribution in [2.75, 3.05) is 25.0 Å². The van der Waals surface area contributed by atoms with Gasteiger partial charge in [0, 0.05) is 18.0 Å². The van der Waals surface area contributed by atoms with Crippen LogP contribution in [0.4, 0.5) is 5.88 Å². The molecular formula is C18H29N3O2. The first-order valence-electron chi connectivity index (χ1n) is 8.91. The van der Waals surface area contributed by atoms with Crippen LogP contribution in [-0.2, 0) is 10.2 Å². The first-order valence-corrected chi connectivity index (χ1v) is 8.91. The molecule has 23 heavy (non-hydrogen) atoms. The molecular weight excluding hydrogens is 290 g/mol. The first kappa shape index (κ1) is 16.5. The van der Waals surface area contributed by atoms with Crippen molar-refractivity contribution >= 4 is 11.8 Å². The van der Waals surface area contributed by atoms with Crippen LogP contribution < -0.4 is 5.32 Å². The minimum atomic E-state index is -0.0741. The highest BCUT2D eigenvalue weighted by Crippen LogP contribution is 2.35. The summed E-state index contributed by atoms with van der Waals surface area (Å²) in [7, 11) is 0. The molecule has 5 nitrogen and oxygen atoms in total. The molecule has 1 N–H and O–H groups in total. The fourth-order valence-corrected chi connectivity index (χ4v) is 3.89. The molecule has 0 bridgehead atoms. The molecule has 2 heterocycles. The van der Waals surface area contributed by atoms with Gasteiger partial charge in [0.05, 0.1) is 12.2 Å². The van der Waals surface area contributed by atoms with Gasteiger partial charge in [-0.1, -0.05) is 45.2 Å². The number of nitrogens with one attached hydrogen (secondary N) is 1. The zero-order valence-electron chi connectivity index (χ0n) is 14.6. The number of anilines is 1. The van der Waals surface area contributed by atoms with E-state index < -0.39 is 0 Å². The molecule has 128 valence electrons. The summed E-state index contributed by atoms with van der Waals surface area (Å²) in [4.78, 5) is 14.6. The quantitative estimate of drug-likeness (QED) is 0.927. The van der Waals surface area contributed by atoms with Gasteiger partial charge in [-0.25, -0.2) is 0 Å². The molecule has 3 rings (SSSR count). The molecule has 0 aromatic carbocycles.